The van der Waals surface area contributed by atoms with E-state index in [2.05, 4.69) is 4.98 Å². The molecule has 23 heavy (non-hydrogen) atoms. The summed E-state index contributed by atoms with van der Waals surface area (Å²) in [5, 5.41) is 0.539. The quantitative estimate of drug-likeness (QED) is 0.710. The number of fused-ring (bicyclic) bond motifs is 2. The Labute approximate surface area is 130 Å². The van der Waals surface area contributed by atoms with Crippen molar-refractivity contribution in [3.05, 3.63) is 70.9 Å². The number of rotatable bonds is 1. The minimum Gasteiger partial charge on any atom is -0.361 e. The van der Waals surface area contributed by atoms with Gasteiger partial charge in [0.1, 0.15) is 0 Å². The molecule has 0 fully saturated rings. The Kier molecular flexibility index (Phi) is 2.87. The van der Waals surface area contributed by atoms with Gasteiger partial charge in [0.05, 0.1) is 6.04 Å². The first-order valence-corrected chi connectivity index (χ1v) is 7.16. The fraction of sp³-hybridized carbons (Fsp3) is 0.118. The number of amides is 2. The summed E-state index contributed by atoms with van der Waals surface area (Å²) in [6.45, 7) is 0.395. The highest BCUT2D eigenvalue weighted by Gasteiger charge is 2.35. The van der Waals surface area contributed by atoms with Crippen molar-refractivity contribution in [1.29, 1.82) is 0 Å². The van der Waals surface area contributed by atoms with Gasteiger partial charge in [0, 0.05) is 35.3 Å². The number of hydrogen-bond acceptors (Lipinski definition) is 1. The second kappa shape index (κ2) is 4.81. The van der Waals surface area contributed by atoms with Gasteiger partial charge in [-0.05, 0) is 17.2 Å². The number of nitrogens with one attached hydrogen (secondary N) is 1. The van der Waals surface area contributed by atoms with Crippen LogP contribution in [0.25, 0.3) is 10.9 Å². The van der Waals surface area contributed by atoms with E-state index in [9.17, 15) is 13.6 Å². The predicted octanol–water partition coefficient (Wildman–Crippen LogP) is 3.43. The lowest BCUT2D eigenvalue weighted by Crippen LogP contribution is -2.34. The van der Waals surface area contributed by atoms with Crippen molar-refractivity contribution in [1.82, 2.24) is 9.88 Å². The van der Waals surface area contributed by atoms with Crippen molar-refractivity contribution < 1.29 is 13.6 Å². The van der Waals surface area contributed by atoms with E-state index in [1.54, 1.807) is 6.20 Å². The lowest BCUT2D eigenvalue weighted by Gasteiger charge is -2.23. The Bertz CT molecular complexity index is 935. The molecule has 2 heterocycles. The number of aromatic amines is 1. The summed E-state index contributed by atoms with van der Waals surface area (Å²) in [4.78, 5) is 16.3. The first-order chi connectivity index (χ1) is 11.1. The summed E-state index contributed by atoms with van der Waals surface area (Å²) in [5.74, 6) is -1.83. The van der Waals surface area contributed by atoms with Gasteiger partial charge in [0.15, 0.2) is 11.6 Å². The van der Waals surface area contributed by atoms with Crippen molar-refractivity contribution in [3.63, 3.8) is 0 Å². The summed E-state index contributed by atoms with van der Waals surface area (Å²) in [6.07, 6.45) is 1.67. The third-order valence-electron chi connectivity index (χ3n) is 4.33. The van der Waals surface area contributed by atoms with Crippen LogP contribution in [0.15, 0.2) is 42.6 Å². The molecule has 0 radical (unpaired) electrons. The Hall–Kier alpha value is -2.89. The van der Waals surface area contributed by atoms with E-state index in [1.807, 2.05) is 24.3 Å². The molecule has 1 atom stereocenters. The van der Waals surface area contributed by atoms with Crippen LogP contribution in [0, 0.1) is 11.6 Å². The Balaban J connectivity index is 1.94. The van der Waals surface area contributed by atoms with Crippen LogP contribution >= 0.6 is 0 Å². The molecule has 1 aliphatic rings. The Morgan fingerprint density at radius 1 is 1.17 bits per heavy atom. The van der Waals surface area contributed by atoms with Gasteiger partial charge in [-0.3, -0.25) is 0 Å². The summed E-state index contributed by atoms with van der Waals surface area (Å²) in [5.41, 5.74) is 8.63. The zero-order chi connectivity index (χ0) is 16.1. The normalized spacial score (nSPS) is 16.8. The summed E-state index contributed by atoms with van der Waals surface area (Å²) in [6, 6.07) is 8.92. The molecule has 0 saturated carbocycles. The average Bonchev–Trinajstić information content (AvgIpc) is 3.08. The average molecular weight is 313 g/mol. The Morgan fingerprint density at radius 2 is 1.91 bits per heavy atom. The lowest BCUT2D eigenvalue weighted by atomic mass is 9.97. The van der Waals surface area contributed by atoms with E-state index in [-0.39, 0.29) is 0 Å². The van der Waals surface area contributed by atoms with Gasteiger partial charge in [-0.1, -0.05) is 24.3 Å². The molecule has 6 heteroatoms. The van der Waals surface area contributed by atoms with Gasteiger partial charge >= 0.3 is 6.03 Å². The molecule has 2 aromatic carbocycles. The van der Waals surface area contributed by atoms with E-state index in [0.29, 0.717) is 23.0 Å². The number of carbonyl (C=O) groups is 1. The zero-order valence-electron chi connectivity index (χ0n) is 12.0. The predicted molar refractivity (Wildman–Crippen MR) is 81.6 cm³/mol. The molecule has 1 unspecified atom stereocenters. The van der Waals surface area contributed by atoms with Gasteiger partial charge < -0.3 is 15.6 Å². The molecule has 0 bridgehead atoms. The van der Waals surface area contributed by atoms with Crippen LogP contribution in [0.5, 0.6) is 0 Å². The Morgan fingerprint density at radius 3 is 2.70 bits per heavy atom. The second-order valence-electron chi connectivity index (χ2n) is 5.62. The maximum atomic E-state index is 13.7. The second-order valence-corrected chi connectivity index (χ2v) is 5.62. The fourth-order valence-corrected chi connectivity index (χ4v) is 3.29. The SMILES string of the molecule is NC(=O)N1Cc2ccccc2C1c1c[nH]c2cc(F)c(F)cc12. The molecule has 3 aromatic rings. The number of nitrogens with zero attached hydrogens (tertiary/aromatic N) is 1. The molecule has 1 aromatic heterocycles. The molecule has 116 valence electrons. The van der Waals surface area contributed by atoms with Gasteiger partial charge in [0.2, 0.25) is 0 Å². The number of halogens is 2. The third-order valence-corrected chi connectivity index (χ3v) is 4.33. The maximum Gasteiger partial charge on any atom is 0.315 e. The topological polar surface area (TPSA) is 62.1 Å². The summed E-state index contributed by atoms with van der Waals surface area (Å²) in [7, 11) is 0. The van der Waals surface area contributed by atoms with Crippen molar-refractivity contribution in [2.45, 2.75) is 12.6 Å². The maximum absolute atomic E-state index is 13.7. The molecule has 3 N–H and O–H groups in total. The van der Waals surface area contributed by atoms with E-state index in [4.69, 9.17) is 5.73 Å². The van der Waals surface area contributed by atoms with Gasteiger partial charge in [-0.25, -0.2) is 13.6 Å². The van der Waals surface area contributed by atoms with Crippen LogP contribution in [0.1, 0.15) is 22.7 Å². The largest absolute Gasteiger partial charge is 0.361 e. The van der Waals surface area contributed by atoms with Crippen LogP contribution in [0.4, 0.5) is 13.6 Å². The van der Waals surface area contributed by atoms with Crippen molar-refractivity contribution in [3.8, 4) is 0 Å². The van der Waals surface area contributed by atoms with E-state index in [0.717, 1.165) is 23.3 Å². The molecule has 0 saturated heterocycles. The van der Waals surface area contributed by atoms with E-state index >= 15 is 0 Å². The third kappa shape index (κ3) is 1.98. The standard InChI is InChI=1S/C17H13F2N3O/c18-13-5-11-12(7-21-15(11)6-14(13)19)16-10-4-2-1-3-9(10)8-22(16)17(20)23/h1-7,16,21H,8H2,(H2,20,23). The molecule has 0 aliphatic carbocycles. The van der Waals surface area contributed by atoms with E-state index in [1.165, 1.54) is 4.90 Å². The molecular weight excluding hydrogens is 300 g/mol. The highest BCUT2D eigenvalue weighted by molar-refractivity contribution is 5.86. The monoisotopic (exact) mass is 313 g/mol. The first-order valence-electron chi connectivity index (χ1n) is 7.16. The summed E-state index contributed by atoms with van der Waals surface area (Å²) < 4.78 is 27.1. The van der Waals surface area contributed by atoms with E-state index < -0.39 is 23.7 Å². The molecular formula is C17H13F2N3O. The van der Waals surface area contributed by atoms with Crippen molar-refractivity contribution in [2.75, 3.05) is 0 Å². The lowest BCUT2D eigenvalue weighted by molar-refractivity contribution is 0.199. The number of benzene rings is 2. The van der Waals surface area contributed by atoms with Gasteiger partial charge in [0.25, 0.3) is 0 Å². The van der Waals surface area contributed by atoms with Crippen LogP contribution in [-0.2, 0) is 6.54 Å². The van der Waals surface area contributed by atoms with Crippen LogP contribution in [0.2, 0.25) is 0 Å². The first kappa shape index (κ1) is 13.8. The number of primary amides is 1. The van der Waals surface area contributed by atoms with Crippen molar-refractivity contribution >= 4 is 16.9 Å². The van der Waals surface area contributed by atoms with Crippen molar-refractivity contribution in [2.24, 2.45) is 5.73 Å². The van der Waals surface area contributed by atoms with Crippen LogP contribution < -0.4 is 5.73 Å². The molecule has 4 nitrogen and oxygen atoms in total. The van der Waals surface area contributed by atoms with Gasteiger partial charge in [-0.15, -0.1) is 0 Å². The molecule has 1 aliphatic heterocycles. The highest BCUT2D eigenvalue weighted by Crippen LogP contribution is 2.41. The number of hydrogen-bond donors (Lipinski definition) is 2. The number of H-pyrrole nitrogens is 1. The number of carbonyl (C=O) groups excluding carboxylic acids is 1. The number of urea groups is 1. The zero-order valence-corrected chi connectivity index (χ0v) is 12.0. The smallest absolute Gasteiger partial charge is 0.315 e. The fourth-order valence-electron chi connectivity index (χ4n) is 3.29. The van der Waals surface area contributed by atoms with Gasteiger partial charge in [-0.2, -0.15) is 0 Å². The van der Waals surface area contributed by atoms with Crippen LogP contribution in [0.3, 0.4) is 0 Å². The minimum atomic E-state index is -0.921. The molecule has 0 spiro atoms. The molecule has 2 amide bonds. The highest BCUT2D eigenvalue weighted by atomic mass is 19.2. The summed E-state index contributed by atoms with van der Waals surface area (Å²) >= 11 is 0. The molecule has 4 rings (SSSR count). The minimum absolute atomic E-state index is 0.395. The number of nitrogens with two attached hydrogens (primary N) is 1. The number of aromatic nitrogens is 1. The van der Waals surface area contributed by atoms with Crippen LogP contribution in [-0.4, -0.2) is 15.9 Å².